The van der Waals surface area contributed by atoms with Gasteiger partial charge in [0.15, 0.2) is 4.80 Å². The highest BCUT2D eigenvalue weighted by Crippen LogP contribution is 2.22. The molecule has 128 valence electrons. The minimum absolute atomic E-state index is 0.123. The van der Waals surface area contributed by atoms with Gasteiger partial charge >= 0.3 is 5.97 Å². The molecule has 0 atom stereocenters. The maximum absolute atomic E-state index is 13.8. The lowest BCUT2D eigenvalue weighted by molar-refractivity contribution is -0.141. The third kappa shape index (κ3) is 3.62. The molecular weight excluding hydrogens is 367 g/mol. The number of carbonyl (C=O) groups is 2. The number of ether oxygens (including phenoxy) is 1. The molecule has 0 radical (unpaired) electrons. The minimum Gasteiger partial charge on any atom is -0.468 e. The van der Waals surface area contributed by atoms with Crippen LogP contribution in [0.4, 0.5) is 4.39 Å². The molecule has 0 saturated heterocycles. The highest BCUT2D eigenvalue weighted by molar-refractivity contribution is 7.16. The molecule has 5 nitrogen and oxygen atoms in total. The van der Waals surface area contributed by atoms with Gasteiger partial charge in [0, 0.05) is 5.02 Å². The maximum atomic E-state index is 13.8. The van der Waals surface area contributed by atoms with E-state index >= 15 is 0 Å². The number of benzene rings is 2. The second kappa shape index (κ2) is 7.16. The van der Waals surface area contributed by atoms with Crippen LogP contribution in [0.15, 0.2) is 47.5 Å². The average molecular weight is 379 g/mol. The van der Waals surface area contributed by atoms with Crippen molar-refractivity contribution < 1.29 is 18.7 Å². The quantitative estimate of drug-likeness (QED) is 0.656. The number of carbonyl (C=O) groups excluding carboxylic acids is 2. The second-order valence-corrected chi connectivity index (χ2v) is 6.50. The molecule has 0 unspecified atom stereocenters. The molecule has 3 aromatic rings. The normalized spacial score (nSPS) is 11.7. The summed E-state index contributed by atoms with van der Waals surface area (Å²) in [5.41, 5.74) is 0.544. The Kier molecular flexibility index (Phi) is 4.96. The van der Waals surface area contributed by atoms with Crippen molar-refractivity contribution in [2.45, 2.75) is 6.54 Å². The molecule has 0 N–H and O–H groups in total. The van der Waals surface area contributed by atoms with Gasteiger partial charge in [-0.2, -0.15) is 4.99 Å². The van der Waals surface area contributed by atoms with Gasteiger partial charge in [-0.3, -0.25) is 9.59 Å². The van der Waals surface area contributed by atoms with Crippen molar-refractivity contribution in [3.05, 3.63) is 63.7 Å². The summed E-state index contributed by atoms with van der Waals surface area (Å²) >= 11 is 7.17. The Hall–Kier alpha value is -2.51. The van der Waals surface area contributed by atoms with E-state index in [2.05, 4.69) is 4.99 Å². The summed E-state index contributed by atoms with van der Waals surface area (Å²) in [6, 6.07) is 10.7. The van der Waals surface area contributed by atoms with E-state index in [1.54, 1.807) is 28.8 Å². The van der Waals surface area contributed by atoms with Crippen LogP contribution in [-0.2, 0) is 16.1 Å². The number of methoxy groups -OCH3 is 1. The third-order valence-electron chi connectivity index (χ3n) is 3.46. The van der Waals surface area contributed by atoms with Gasteiger partial charge in [-0.25, -0.2) is 4.39 Å². The third-order valence-corrected chi connectivity index (χ3v) is 4.74. The fourth-order valence-electron chi connectivity index (χ4n) is 2.26. The van der Waals surface area contributed by atoms with Gasteiger partial charge in [0.25, 0.3) is 5.91 Å². The number of hydrogen-bond acceptors (Lipinski definition) is 4. The fourth-order valence-corrected chi connectivity index (χ4v) is 3.56. The predicted molar refractivity (Wildman–Crippen MR) is 93.1 cm³/mol. The van der Waals surface area contributed by atoms with E-state index < -0.39 is 17.7 Å². The van der Waals surface area contributed by atoms with Crippen LogP contribution < -0.4 is 4.80 Å². The molecule has 1 heterocycles. The van der Waals surface area contributed by atoms with E-state index in [0.717, 1.165) is 4.70 Å². The van der Waals surface area contributed by atoms with Gasteiger partial charge in [-0.15, -0.1) is 0 Å². The number of nitrogens with zero attached hydrogens (tertiary/aromatic N) is 2. The van der Waals surface area contributed by atoms with Crippen LogP contribution in [-0.4, -0.2) is 23.6 Å². The summed E-state index contributed by atoms with van der Waals surface area (Å²) in [5, 5.41) is 0.519. The molecule has 0 aliphatic rings. The van der Waals surface area contributed by atoms with E-state index in [1.165, 1.54) is 36.6 Å². The van der Waals surface area contributed by atoms with Crippen molar-refractivity contribution in [1.29, 1.82) is 0 Å². The summed E-state index contributed by atoms with van der Waals surface area (Å²) < 4.78 is 20.8. The van der Waals surface area contributed by atoms with Crippen LogP contribution in [0.25, 0.3) is 10.2 Å². The van der Waals surface area contributed by atoms with Crippen molar-refractivity contribution in [3.8, 4) is 0 Å². The number of aromatic nitrogens is 1. The molecular formula is C17H12ClFN2O3S. The van der Waals surface area contributed by atoms with Gasteiger partial charge < -0.3 is 9.30 Å². The van der Waals surface area contributed by atoms with Gasteiger partial charge in [0.2, 0.25) is 0 Å². The van der Waals surface area contributed by atoms with Crippen LogP contribution in [0.5, 0.6) is 0 Å². The SMILES string of the molecule is COC(=O)Cn1c(=NC(=O)c2ccccc2F)sc2cc(Cl)ccc21. The van der Waals surface area contributed by atoms with Crippen LogP contribution >= 0.6 is 22.9 Å². The van der Waals surface area contributed by atoms with Crippen LogP contribution in [0, 0.1) is 5.82 Å². The number of esters is 1. The summed E-state index contributed by atoms with van der Waals surface area (Å²) in [6.07, 6.45) is 0. The summed E-state index contributed by atoms with van der Waals surface area (Å²) in [7, 11) is 1.27. The number of amides is 1. The van der Waals surface area contributed by atoms with Crippen molar-refractivity contribution in [3.63, 3.8) is 0 Å². The molecule has 8 heteroatoms. The first-order valence-electron chi connectivity index (χ1n) is 7.19. The topological polar surface area (TPSA) is 60.7 Å². The lowest BCUT2D eigenvalue weighted by Crippen LogP contribution is -2.22. The number of fused-ring (bicyclic) bond motifs is 1. The Morgan fingerprint density at radius 1 is 1.28 bits per heavy atom. The van der Waals surface area contributed by atoms with E-state index in [4.69, 9.17) is 16.3 Å². The fraction of sp³-hybridized carbons (Fsp3) is 0.118. The van der Waals surface area contributed by atoms with Crippen LogP contribution in [0.2, 0.25) is 5.02 Å². The monoisotopic (exact) mass is 378 g/mol. The smallest absolute Gasteiger partial charge is 0.325 e. The minimum atomic E-state index is -0.727. The Labute approximate surface area is 151 Å². The molecule has 0 aliphatic carbocycles. The van der Waals surface area contributed by atoms with E-state index in [9.17, 15) is 14.0 Å². The van der Waals surface area contributed by atoms with Gasteiger partial charge in [-0.05, 0) is 30.3 Å². The molecule has 0 saturated carbocycles. The average Bonchev–Trinajstić information content (AvgIpc) is 2.91. The molecule has 2 aromatic carbocycles. The van der Waals surface area contributed by atoms with Gasteiger partial charge in [-0.1, -0.05) is 35.1 Å². The lowest BCUT2D eigenvalue weighted by Gasteiger charge is -2.03. The molecule has 0 bridgehead atoms. The van der Waals surface area contributed by atoms with Crippen LogP contribution in [0.3, 0.4) is 0 Å². The Morgan fingerprint density at radius 3 is 2.76 bits per heavy atom. The first kappa shape index (κ1) is 17.3. The van der Waals surface area contributed by atoms with Crippen LogP contribution in [0.1, 0.15) is 10.4 Å². The largest absolute Gasteiger partial charge is 0.468 e. The molecule has 0 spiro atoms. The Balaban J connectivity index is 2.17. The summed E-state index contributed by atoms with van der Waals surface area (Å²) in [4.78, 5) is 28.3. The summed E-state index contributed by atoms with van der Waals surface area (Å²) in [5.74, 6) is -1.87. The molecule has 0 aliphatic heterocycles. The van der Waals surface area contributed by atoms with Gasteiger partial charge in [0.1, 0.15) is 12.4 Å². The number of thiazole rings is 1. The van der Waals surface area contributed by atoms with Gasteiger partial charge in [0.05, 0.1) is 22.9 Å². The maximum Gasteiger partial charge on any atom is 0.325 e. The number of hydrogen-bond donors (Lipinski definition) is 0. The zero-order valence-corrected chi connectivity index (χ0v) is 14.6. The van der Waals surface area contributed by atoms with Crippen molar-refractivity contribution in [1.82, 2.24) is 4.57 Å². The highest BCUT2D eigenvalue weighted by Gasteiger charge is 2.14. The number of rotatable bonds is 3. The molecule has 0 fully saturated rings. The number of halogens is 2. The molecule has 3 rings (SSSR count). The Bertz CT molecular complexity index is 1040. The first-order chi connectivity index (χ1) is 12.0. The second-order valence-electron chi connectivity index (χ2n) is 5.06. The van der Waals surface area contributed by atoms with E-state index in [1.807, 2.05) is 0 Å². The van der Waals surface area contributed by atoms with E-state index in [-0.39, 0.29) is 16.9 Å². The summed E-state index contributed by atoms with van der Waals surface area (Å²) in [6.45, 7) is -0.123. The lowest BCUT2D eigenvalue weighted by atomic mass is 10.2. The highest BCUT2D eigenvalue weighted by atomic mass is 35.5. The van der Waals surface area contributed by atoms with Crippen molar-refractivity contribution in [2.24, 2.45) is 4.99 Å². The first-order valence-corrected chi connectivity index (χ1v) is 8.38. The Morgan fingerprint density at radius 2 is 2.04 bits per heavy atom. The molecule has 1 amide bonds. The van der Waals surface area contributed by atoms with Crippen molar-refractivity contribution >= 4 is 45.0 Å². The molecule has 25 heavy (non-hydrogen) atoms. The zero-order valence-electron chi connectivity index (χ0n) is 13.0. The zero-order chi connectivity index (χ0) is 18.0. The predicted octanol–water partition coefficient (Wildman–Crippen LogP) is 3.41. The van der Waals surface area contributed by atoms with Crippen molar-refractivity contribution in [2.75, 3.05) is 7.11 Å². The molecule has 1 aromatic heterocycles. The van der Waals surface area contributed by atoms with E-state index in [0.29, 0.717) is 10.5 Å². The standard InChI is InChI=1S/C17H12ClFN2O3S/c1-24-15(22)9-21-13-7-6-10(18)8-14(13)25-17(21)20-16(23)11-4-2-3-5-12(11)19/h2-8H,9H2,1H3.